The topological polar surface area (TPSA) is 71.5 Å². The van der Waals surface area contributed by atoms with Gasteiger partial charge in [0.05, 0.1) is 18.2 Å². The van der Waals surface area contributed by atoms with Crippen molar-refractivity contribution in [2.45, 2.75) is 13.3 Å². The number of anilines is 2. The Morgan fingerprint density at radius 1 is 1.36 bits per heavy atom. The highest BCUT2D eigenvalue weighted by Crippen LogP contribution is 2.29. The molecule has 2 aromatic rings. The summed E-state index contributed by atoms with van der Waals surface area (Å²) in [5.74, 6) is -1.32. The third kappa shape index (κ3) is 3.60. The number of amides is 2. The Labute approximate surface area is 144 Å². The maximum absolute atomic E-state index is 13.9. The van der Waals surface area contributed by atoms with Gasteiger partial charge in [0.2, 0.25) is 17.7 Å². The number of nitrogens with one attached hydrogen (secondary N) is 1. The molecule has 1 N–H and O–H groups in total. The van der Waals surface area contributed by atoms with Crippen LogP contribution in [0.5, 0.6) is 5.88 Å². The second kappa shape index (κ2) is 7.29. The van der Waals surface area contributed by atoms with Gasteiger partial charge in [-0.05, 0) is 31.2 Å². The third-order valence-electron chi connectivity index (χ3n) is 3.95. The maximum atomic E-state index is 13.9. The van der Waals surface area contributed by atoms with Crippen LogP contribution >= 0.6 is 0 Å². The highest BCUT2D eigenvalue weighted by molar-refractivity contribution is 6.03. The van der Waals surface area contributed by atoms with Crippen molar-refractivity contribution >= 4 is 23.2 Å². The molecule has 0 aliphatic carbocycles. The average molecular weight is 343 g/mol. The van der Waals surface area contributed by atoms with E-state index in [9.17, 15) is 14.0 Å². The number of carbonyl (C=O) groups excluding carboxylic acids is 2. The Kier molecular flexibility index (Phi) is 4.92. The summed E-state index contributed by atoms with van der Waals surface area (Å²) in [5.41, 5.74) is 0.644. The number of para-hydroxylation sites is 1. The predicted molar refractivity (Wildman–Crippen MR) is 90.9 cm³/mol. The molecule has 0 saturated carbocycles. The van der Waals surface area contributed by atoms with Crippen LogP contribution < -0.4 is 15.0 Å². The molecule has 1 aromatic heterocycles. The molecule has 1 aliphatic rings. The number of pyridine rings is 1. The van der Waals surface area contributed by atoms with Crippen LogP contribution in [0.1, 0.15) is 13.3 Å². The summed E-state index contributed by atoms with van der Waals surface area (Å²) in [5, 5.41) is 2.75. The van der Waals surface area contributed by atoms with Crippen molar-refractivity contribution in [3.63, 3.8) is 0 Å². The molecule has 1 fully saturated rings. The standard InChI is InChI=1S/C18H18FN3O3/c1-2-25-18-14(7-5-9-20-18)21-17(24)12-10-16(23)22(11-12)15-8-4-3-6-13(15)19/h3-9,12H,2,10-11H2,1H3,(H,21,24). The molecule has 0 bridgehead atoms. The first-order valence-electron chi connectivity index (χ1n) is 8.03. The quantitative estimate of drug-likeness (QED) is 0.906. The fourth-order valence-corrected chi connectivity index (χ4v) is 2.76. The number of rotatable bonds is 5. The maximum Gasteiger partial charge on any atom is 0.237 e. The van der Waals surface area contributed by atoms with Gasteiger partial charge in [-0.1, -0.05) is 12.1 Å². The van der Waals surface area contributed by atoms with Crippen LogP contribution in [-0.2, 0) is 9.59 Å². The van der Waals surface area contributed by atoms with Gasteiger partial charge < -0.3 is 15.0 Å². The lowest BCUT2D eigenvalue weighted by molar-refractivity contribution is -0.122. The minimum Gasteiger partial charge on any atom is -0.476 e. The van der Waals surface area contributed by atoms with Crippen LogP contribution in [-0.4, -0.2) is 29.9 Å². The second-order valence-corrected chi connectivity index (χ2v) is 5.64. The molecule has 1 unspecified atom stereocenters. The van der Waals surface area contributed by atoms with Gasteiger partial charge in [0.15, 0.2) is 0 Å². The van der Waals surface area contributed by atoms with Gasteiger partial charge in [0, 0.05) is 19.2 Å². The molecule has 6 nitrogen and oxygen atoms in total. The van der Waals surface area contributed by atoms with Gasteiger partial charge >= 0.3 is 0 Å². The van der Waals surface area contributed by atoms with Gasteiger partial charge in [0.25, 0.3) is 0 Å². The zero-order valence-electron chi connectivity index (χ0n) is 13.7. The first kappa shape index (κ1) is 16.9. The third-order valence-corrected chi connectivity index (χ3v) is 3.95. The summed E-state index contributed by atoms with van der Waals surface area (Å²) in [6.45, 7) is 2.38. The minimum atomic E-state index is -0.568. The number of halogens is 1. The number of nitrogens with zero attached hydrogens (tertiary/aromatic N) is 2. The molecule has 2 heterocycles. The van der Waals surface area contributed by atoms with Crippen LogP contribution in [0, 0.1) is 11.7 Å². The molecule has 1 aliphatic heterocycles. The Morgan fingerprint density at radius 2 is 2.16 bits per heavy atom. The normalized spacial score (nSPS) is 16.8. The van der Waals surface area contributed by atoms with E-state index in [1.165, 1.54) is 17.0 Å². The van der Waals surface area contributed by atoms with E-state index in [-0.39, 0.29) is 30.5 Å². The molecule has 1 aromatic carbocycles. The fourth-order valence-electron chi connectivity index (χ4n) is 2.76. The van der Waals surface area contributed by atoms with Gasteiger partial charge in [-0.15, -0.1) is 0 Å². The van der Waals surface area contributed by atoms with E-state index >= 15 is 0 Å². The molecule has 3 rings (SSSR count). The Morgan fingerprint density at radius 3 is 2.92 bits per heavy atom. The molecule has 1 saturated heterocycles. The van der Waals surface area contributed by atoms with E-state index in [0.717, 1.165) is 0 Å². The van der Waals surface area contributed by atoms with E-state index in [1.54, 1.807) is 30.5 Å². The lowest BCUT2D eigenvalue weighted by atomic mass is 10.1. The number of hydrogen-bond donors (Lipinski definition) is 1. The van der Waals surface area contributed by atoms with Gasteiger partial charge in [-0.25, -0.2) is 9.37 Å². The molecule has 0 radical (unpaired) electrons. The molecule has 130 valence electrons. The zero-order chi connectivity index (χ0) is 17.8. The molecule has 1 atom stereocenters. The minimum absolute atomic E-state index is 0.0321. The summed E-state index contributed by atoms with van der Waals surface area (Å²) >= 11 is 0. The van der Waals surface area contributed by atoms with Gasteiger partial charge in [-0.3, -0.25) is 9.59 Å². The van der Waals surface area contributed by atoms with Crippen molar-refractivity contribution < 1.29 is 18.7 Å². The predicted octanol–water partition coefficient (Wildman–Crippen LogP) is 2.61. The summed E-state index contributed by atoms with van der Waals surface area (Å²) in [6, 6.07) is 9.40. The number of aromatic nitrogens is 1. The highest BCUT2D eigenvalue weighted by Gasteiger charge is 2.36. The second-order valence-electron chi connectivity index (χ2n) is 5.64. The Balaban J connectivity index is 1.72. The van der Waals surface area contributed by atoms with E-state index in [1.807, 2.05) is 6.92 Å². The fraction of sp³-hybridized carbons (Fsp3) is 0.278. The zero-order valence-corrected chi connectivity index (χ0v) is 13.7. The van der Waals surface area contributed by atoms with Crippen molar-refractivity contribution in [3.8, 4) is 5.88 Å². The lowest BCUT2D eigenvalue weighted by Gasteiger charge is -2.17. The lowest BCUT2D eigenvalue weighted by Crippen LogP contribution is -2.28. The monoisotopic (exact) mass is 343 g/mol. The van der Waals surface area contributed by atoms with Crippen molar-refractivity contribution in [1.82, 2.24) is 4.98 Å². The van der Waals surface area contributed by atoms with E-state index < -0.39 is 11.7 Å². The summed E-state index contributed by atoms with van der Waals surface area (Å²) in [7, 11) is 0. The van der Waals surface area contributed by atoms with Crippen molar-refractivity contribution in [3.05, 3.63) is 48.4 Å². The van der Waals surface area contributed by atoms with Crippen LogP contribution in [0.25, 0.3) is 0 Å². The van der Waals surface area contributed by atoms with Crippen LogP contribution in [0.4, 0.5) is 15.8 Å². The average Bonchev–Trinajstić information content (AvgIpc) is 2.99. The largest absolute Gasteiger partial charge is 0.476 e. The summed E-state index contributed by atoms with van der Waals surface area (Å²) in [6.07, 6.45) is 1.60. The van der Waals surface area contributed by atoms with Crippen LogP contribution in [0.15, 0.2) is 42.6 Å². The van der Waals surface area contributed by atoms with Crippen molar-refractivity contribution in [2.24, 2.45) is 5.92 Å². The molecular weight excluding hydrogens is 325 g/mol. The molecule has 0 spiro atoms. The van der Waals surface area contributed by atoms with Crippen LogP contribution in [0.2, 0.25) is 0 Å². The number of hydrogen-bond acceptors (Lipinski definition) is 4. The number of ether oxygens (including phenoxy) is 1. The Hall–Kier alpha value is -2.96. The SMILES string of the molecule is CCOc1ncccc1NC(=O)C1CC(=O)N(c2ccccc2F)C1. The van der Waals surface area contributed by atoms with E-state index in [2.05, 4.69) is 10.3 Å². The summed E-state index contributed by atoms with van der Waals surface area (Å²) in [4.78, 5) is 30.1. The smallest absolute Gasteiger partial charge is 0.237 e. The van der Waals surface area contributed by atoms with Crippen LogP contribution in [0.3, 0.4) is 0 Å². The van der Waals surface area contributed by atoms with Crippen molar-refractivity contribution in [2.75, 3.05) is 23.4 Å². The summed E-state index contributed by atoms with van der Waals surface area (Å²) < 4.78 is 19.3. The van der Waals surface area contributed by atoms with Crippen molar-refractivity contribution in [1.29, 1.82) is 0 Å². The highest BCUT2D eigenvalue weighted by atomic mass is 19.1. The molecule has 2 amide bonds. The molecular formula is C18H18FN3O3. The molecule has 25 heavy (non-hydrogen) atoms. The number of carbonyl (C=O) groups is 2. The van der Waals surface area contributed by atoms with E-state index in [4.69, 9.17) is 4.74 Å². The van der Waals surface area contributed by atoms with Gasteiger partial charge in [-0.2, -0.15) is 0 Å². The van der Waals surface area contributed by atoms with Gasteiger partial charge in [0.1, 0.15) is 11.5 Å². The Bertz CT molecular complexity index is 797. The first-order chi connectivity index (χ1) is 12.1. The van der Waals surface area contributed by atoms with E-state index in [0.29, 0.717) is 18.2 Å². The number of benzene rings is 1. The molecule has 7 heteroatoms. The first-order valence-corrected chi connectivity index (χ1v) is 8.03.